The predicted molar refractivity (Wildman–Crippen MR) is 63.7 cm³/mol. The molecule has 3 nitrogen and oxygen atoms in total. The Labute approximate surface area is 94.1 Å². The summed E-state index contributed by atoms with van der Waals surface area (Å²) in [5, 5.41) is 0. The molecule has 0 bridgehead atoms. The molecule has 15 heavy (non-hydrogen) atoms. The van der Waals surface area contributed by atoms with E-state index < -0.39 is 0 Å². The van der Waals surface area contributed by atoms with Gasteiger partial charge in [-0.25, -0.2) is 0 Å². The Bertz CT molecular complexity index is 156. The summed E-state index contributed by atoms with van der Waals surface area (Å²) in [7, 11) is 0. The molecule has 90 valence electrons. The Hall–Kier alpha value is -0.120. The predicted octanol–water partition coefficient (Wildman–Crippen LogP) is 2.04. The van der Waals surface area contributed by atoms with E-state index in [1.807, 2.05) is 6.92 Å². The highest BCUT2D eigenvalue weighted by Crippen LogP contribution is 2.20. The lowest BCUT2D eigenvalue weighted by Crippen LogP contribution is -2.42. The summed E-state index contributed by atoms with van der Waals surface area (Å²) in [5.74, 6) is 0.782. The van der Waals surface area contributed by atoms with Crippen molar-refractivity contribution in [2.45, 2.75) is 46.1 Å². The molecule has 1 heterocycles. The minimum atomic E-state index is 0.494. The third-order valence-corrected chi connectivity index (χ3v) is 3.29. The van der Waals surface area contributed by atoms with Crippen LogP contribution in [0.4, 0.5) is 0 Å². The average molecular weight is 214 g/mol. The van der Waals surface area contributed by atoms with Crippen LogP contribution >= 0.6 is 0 Å². The van der Waals surface area contributed by atoms with Crippen LogP contribution in [0.3, 0.4) is 0 Å². The van der Waals surface area contributed by atoms with Crippen LogP contribution in [-0.2, 0) is 4.84 Å². The first-order valence-electron chi connectivity index (χ1n) is 6.37. The van der Waals surface area contributed by atoms with Crippen molar-refractivity contribution in [3.05, 3.63) is 0 Å². The summed E-state index contributed by atoms with van der Waals surface area (Å²) in [6, 6.07) is 0.494. The van der Waals surface area contributed by atoms with Gasteiger partial charge < -0.3 is 9.74 Å². The molecular formula is C12H26N2O. The molecule has 1 rings (SSSR count). The Balaban J connectivity index is 2.18. The summed E-state index contributed by atoms with van der Waals surface area (Å²) < 4.78 is 0. The van der Waals surface area contributed by atoms with Gasteiger partial charge in [0.15, 0.2) is 0 Å². The highest BCUT2D eigenvalue weighted by molar-refractivity contribution is 4.77. The zero-order valence-corrected chi connectivity index (χ0v) is 10.5. The van der Waals surface area contributed by atoms with Crippen molar-refractivity contribution < 1.29 is 4.84 Å². The monoisotopic (exact) mass is 214 g/mol. The van der Waals surface area contributed by atoms with E-state index >= 15 is 0 Å². The summed E-state index contributed by atoms with van der Waals surface area (Å²) >= 11 is 0. The fraction of sp³-hybridized carbons (Fsp3) is 1.00. The quantitative estimate of drug-likeness (QED) is 0.685. The molecule has 1 unspecified atom stereocenters. The largest absolute Gasteiger partial charge is 0.303 e. The number of likely N-dealkylation sites (tertiary alicyclic amines) is 1. The number of nitrogens with zero attached hydrogens (tertiary/aromatic N) is 1. The van der Waals surface area contributed by atoms with Crippen molar-refractivity contribution >= 4 is 0 Å². The molecule has 0 aromatic rings. The van der Waals surface area contributed by atoms with Gasteiger partial charge in [-0.05, 0) is 58.7 Å². The van der Waals surface area contributed by atoms with E-state index in [0.29, 0.717) is 6.04 Å². The van der Waals surface area contributed by atoms with E-state index in [0.717, 1.165) is 12.5 Å². The third-order valence-electron chi connectivity index (χ3n) is 3.29. The summed E-state index contributed by atoms with van der Waals surface area (Å²) in [6.07, 6.45) is 3.89. The van der Waals surface area contributed by atoms with Crippen molar-refractivity contribution in [2.24, 2.45) is 5.92 Å². The van der Waals surface area contributed by atoms with Gasteiger partial charge in [0.05, 0.1) is 6.61 Å². The van der Waals surface area contributed by atoms with E-state index in [1.54, 1.807) is 0 Å². The molecule has 0 aromatic heterocycles. The van der Waals surface area contributed by atoms with Crippen molar-refractivity contribution in [3.8, 4) is 0 Å². The summed E-state index contributed by atoms with van der Waals surface area (Å²) in [5.41, 5.74) is 3.13. The number of rotatable bonds is 6. The van der Waals surface area contributed by atoms with Crippen LogP contribution in [0, 0.1) is 5.92 Å². The van der Waals surface area contributed by atoms with E-state index in [2.05, 4.69) is 24.2 Å². The maximum atomic E-state index is 5.26. The van der Waals surface area contributed by atoms with Crippen molar-refractivity contribution in [3.63, 3.8) is 0 Å². The topological polar surface area (TPSA) is 24.5 Å². The molecule has 1 atom stereocenters. The second kappa shape index (κ2) is 7.20. The molecule has 0 aliphatic carbocycles. The zero-order valence-electron chi connectivity index (χ0n) is 10.5. The van der Waals surface area contributed by atoms with Gasteiger partial charge in [-0.3, -0.25) is 0 Å². The molecule has 0 saturated carbocycles. The normalized spacial score (nSPS) is 21.8. The molecule has 0 radical (unpaired) electrons. The molecule has 0 amide bonds. The van der Waals surface area contributed by atoms with E-state index in [4.69, 9.17) is 4.84 Å². The van der Waals surface area contributed by atoms with Gasteiger partial charge in [0, 0.05) is 6.04 Å². The molecule has 0 aromatic carbocycles. The number of hydrogen-bond donors (Lipinski definition) is 1. The van der Waals surface area contributed by atoms with Gasteiger partial charge in [-0.2, -0.15) is 5.48 Å². The Morgan fingerprint density at radius 1 is 1.33 bits per heavy atom. The molecule has 1 N–H and O–H groups in total. The fourth-order valence-electron chi connectivity index (χ4n) is 2.30. The highest BCUT2D eigenvalue weighted by atomic mass is 16.6. The van der Waals surface area contributed by atoms with Crippen LogP contribution in [0.15, 0.2) is 0 Å². The minimum absolute atomic E-state index is 0.494. The standard InChI is InChI=1S/C12H26N2O/c1-4-8-14-9-6-12(7-10-14)11(3)13-15-5-2/h11-13H,4-10H2,1-3H3. The van der Waals surface area contributed by atoms with Crippen LogP contribution in [0.1, 0.15) is 40.0 Å². The lowest BCUT2D eigenvalue weighted by atomic mass is 9.91. The maximum absolute atomic E-state index is 5.26. The summed E-state index contributed by atoms with van der Waals surface area (Å²) in [4.78, 5) is 7.83. The van der Waals surface area contributed by atoms with Crippen LogP contribution in [0.2, 0.25) is 0 Å². The Morgan fingerprint density at radius 3 is 2.53 bits per heavy atom. The van der Waals surface area contributed by atoms with Crippen LogP contribution in [0.5, 0.6) is 0 Å². The smallest absolute Gasteiger partial charge is 0.0654 e. The first-order valence-corrected chi connectivity index (χ1v) is 6.37. The molecule has 3 heteroatoms. The molecule has 1 aliphatic heterocycles. The SMILES string of the molecule is CCCN1CCC(C(C)NOCC)CC1. The minimum Gasteiger partial charge on any atom is -0.303 e. The number of nitrogens with one attached hydrogen (secondary N) is 1. The van der Waals surface area contributed by atoms with Crippen molar-refractivity contribution in [2.75, 3.05) is 26.2 Å². The van der Waals surface area contributed by atoms with Crippen LogP contribution < -0.4 is 5.48 Å². The molecule has 1 saturated heterocycles. The van der Waals surface area contributed by atoms with Gasteiger partial charge in [-0.15, -0.1) is 0 Å². The van der Waals surface area contributed by atoms with Crippen LogP contribution in [0.25, 0.3) is 0 Å². The Kier molecular flexibility index (Phi) is 6.22. The van der Waals surface area contributed by atoms with Crippen LogP contribution in [-0.4, -0.2) is 37.2 Å². The third kappa shape index (κ3) is 4.49. The Morgan fingerprint density at radius 2 is 2.00 bits per heavy atom. The number of hydroxylamine groups is 1. The van der Waals surface area contributed by atoms with Crippen molar-refractivity contribution in [1.29, 1.82) is 0 Å². The molecule has 1 fully saturated rings. The van der Waals surface area contributed by atoms with E-state index in [9.17, 15) is 0 Å². The van der Waals surface area contributed by atoms with Gasteiger partial charge in [-0.1, -0.05) is 6.92 Å². The second-order valence-corrected chi connectivity index (χ2v) is 4.52. The summed E-state index contributed by atoms with van der Waals surface area (Å²) in [6.45, 7) is 11.0. The second-order valence-electron chi connectivity index (χ2n) is 4.52. The molecule has 1 aliphatic rings. The maximum Gasteiger partial charge on any atom is 0.0654 e. The number of hydrogen-bond acceptors (Lipinski definition) is 3. The van der Waals surface area contributed by atoms with E-state index in [1.165, 1.54) is 38.9 Å². The zero-order chi connectivity index (χ0) is 11.1. The highest BCUT2D eigenvalue weighted by Gasteiger charge is 2.23. The average Bonchev–Trinajstić information content (AvgIpc) is 2.27. The lowest BCUT2D eigenvalue weighted by molar-refractivity contribution is 0.00392. The van der Waals surface area contributed by atoms with Gasteiger partial charge in [0.25, 0.3) is 0 Å². The first-order chi connectivity index (χ1) is 7.27. The van der Waals surface area contributed by atoms with Crippen molar-refractivity contribution in [1.82, 2.24) is 10.4 Å². The van der Waals surface area contributed by atoms with E-state index in [-0.39, 0.29) is 0 Å². The molecular weight excluding hydrogens is 188 g/mol. The molecule has 0 spiro atoms. The fourth-order valence-corrected chi connectivity index (χ4v) is 2.30. The lowest BCUT2D eigenvalue weighted by Gasteiger charge is -2.34. The van der Waals surface area contributed by atoms with Gasteiger partial charge >= 0.3 is 0 Å². The van der Waals surface area contributed by atoms with Gasteiger partial charge in [0.1, 0.15) is 0 Å². The number of piperidine rings is 1. The first kappa shape index (κ1) is 12.9. The van der Waals surface area contributed by atoms with Gasteiger partial charge in [0.2, 0.25) is 0 Å².